The summed E-state index contributed by atoms with van der Waals surface area (Å²) >= 11 is 0. The van der Waals surface area contributed by atoms with Gasteiger partial charge in [0.2, 0.25) is 11.8 Å². The summed E-state index contributed by atoms with van der Waals surface area (Å²) in [6.07, 6.45) is -0.115. The number of amides is 2. The number of halogens is 2. The largest absolute Gasteiger partial charge is 0.492 e. The number of hydrogen-bond donors (Lipinski definition) is 1. The van der Waals surface area contributed by atoms with Crippen molar-refractivity contribution in [1.82, 2.24) is 0 Å². The van der Waals surface area contributed by atoms with Gasteiger partial charge < -0.3 is 15.0 Å². The van der Waals surface area contributed by atoms with E-state index in [1.54, 1.807) is 24.3 Å². The molecule has 26 heavy (non-hydrogen) atoms. The molecule has 7 heteroatoms. The molecule has 5 nitrogen and oxygen atoms in total. The van der Waals surface area contributed by atoms with Crippen LogP contribution in [0, 0.1) is 17.6 Å². The van der Waals surface area contributed by atoms with Gasteiger partial charge in [-0.1, -0.05) is 18.2 Å². The fourth-order valence-electron chi connectivity index (χ4n) is 2.93. The van der Waals surface area contributed by atoms with E-state index in [9.17, 15) is 18.4 Å². The molecule has 1 fully saturated rings. The van der Waals surface area contributed by atoms with Crippen molar-refractivity contribution in [2.75, 3.05) is 23.4 Å². The molecule has 136 valence electrons. The number of nitrogens with one attached hydrogen (secondary N) is 1. The molecule has 1 atom stereocenters. The lowest BCUT2D eigenvalue weighted by molar-refractivity contribution is -0.122. The maximum atomic E-state index is 13.9. The average Bonchev–Trinajstić information content (AvgIpc) is 2.98. The monoisotopic (exact) mass is 360 g/mol. The number of carbonyl (C=O) groups is 2. The fourth-order valence-corrected chi connectivity index (χ4v) is 2.93. The van der Waals surface area contributed by atoms with E-state index in [-0.39, 0.29) is 13.0 Å². The van der Waals surface area contributed by atoms with E-state index in [0.717, 1.165) is 17.0 Å². The third kappa shape index (κ3) is 3.51. The number of anilines is 2. The van der Waals surface area contributed by atoms with E-state index in [4.69, 9.17) is 4.74 Å². The Bertz CT molecular complexity index is 821. The first-order valence-electron chi connectivity index (χ1n) is 8.28. The number of rotatable bonds is 5. The van der Waals surface area contributed by atoms with E-state index in [0.29, 0.717) is 18.0 Å². The molecular formula is C19H18F2N2O3. The maximum absolute atomic E-state index is 13.9. The van der Waals surface area contributed by atoms with Gasteiger partial charge in [-0.3, -0.25) is 9.59 Å². The number of carbonyl (C=O) groups excluding carboxylic acids is 2. The van der Waals surface area contributed by atoms with Gasteiger partial charge in [-0.25, -0.2) is 8.78 Å². The van der Waals surface area contributed by atoms with Gasteiger partial charge in [0.15, 0.2) is 0 Å². The number of ether oxygens (including phenoxy) is 1. The van der Waals surface area contributed by atoms with Crippen LogP contribution >= 0.6 is 0 Å². The van der Waals surface area contributed by atoms with E-state index in [1.807, 2.05) is 6.92 Å². The molecule has 1 heterocycles. The van der Waals surface area contributed by atoms with Crippen molar-refractivity contribution in [3.8, 4) is 5.75 Å². The molecule has 0 aromatic heterocycles. The summed E-state index contributed by atoms with van der Waals surface area (Å²) in [5.74, 6) is -2.75. The molecule has 3 rings (SSSR count). The Morgan fingerprint density at radius 2 is 1.88 bits per heavy atom. The quantitative estimate of drug-likeness (QED) is 0.890. The molecule has 2 aromatic carbocycles. The highest BCUT2D eigenvalue weighted by atomic mass is 19.1. The standard InChI is InChI=1S/C19H18F2N2O3/c1-2-26-16-9-4-3-8-15(16)22-19(25)12-10-17(24)23(11-12)18-13(20)6-5-7-14(18)21/h3-9,12H,2,10-11H2,1H3,(H,22,25). The summed E-state index contributed by atoms with van der Waals surface area (Å²) < 4.78 is 33.3. The minimum atomic E-state index is -0.832. The normalized spacial score (nSPS) is 16.7. The summed E-state index contributed by atoms with van der Waals surface area (Å²) in [6.45, 7) is 2.18. The first-order chi connectivity index (χ1) is 12.5. The predicted molar refractivity (Wildman–Crippen MR) is 93.1 cm³/mol. The third-order valence-corrected chi connectivity index (χ3v) is 4.15. The van der Waals surface area contributed by atoms with Crippen molar-refractivity contribution >= 4 is 23.2 Å². The van der Waals surface area contributed by atoms with E-state index < -0.39 is 35.1 Å². The number of para-hydroxylation sites is 3. The summed E-state index contributed by atoms with van der Waals surface area (Å²) in [4.78, 5) is 25.7. The van der Waals surface area contributed by atoms with Gasteiger partial charge in [-0.05, 0) is 31.2 Å². The highest BCUT2D eigenvalue weighted by molar-refractivity contribution is 6.04. The van der Waals surface area contributed by atoms with Gasteiger partial charge in [0, 0.05) is 13.0 Å². The van der Waals surface area contributed by atoms with Crippen molar-refractivity contribution in [3.05, 3.63) is 54.1 Å². The van der Waals surface area contributed by atoms with Crippen molar-refractivity contribution in [2.24, 2.45) is 5.92 Å². The Balaban J connectivity index is 1.76. The van der Waals surface area contributed by atoms with E-state index in [2.05, 4.69) is 5.32 Å². The van der Waals surface area contributed by atoms with Gasteiger partial charge in [0.1, 0.15) is 23.1 Å². The Morgan fingerprint density at radius 3 is 2.58 bits per heavy atom. The molecular weight excluding hydrogens is 342 g/mol. The molecule has 1 aliphatic rings. The topological polar surface area (TPSA) is 58.6 Å². The number of nitrogens with zero attached hydrogens (tertiary/aromatic N) is 1. The molecule has 1 N–H and O–H groups in total. The highest BCUT2D eigenvalue weighted by Gasteiger charge is 2.37. The smallest absolute Gasteiger partial charge is 0.229 e. The minimum Gasteiger partial charge on any atom is -0.492 e. The number of hydrogen-bond acceptors (Lipinski definition) is 3. The van der Waals surface area contributed by atoms with Crippen molar-refractivity contribution in [3.63, 3.8) is 0 Å². The molecule has 2 amide bonds. The first kappa shape index (κ1) is 17.8. The molecule has 1 saturated heterocycles. The second-order valence-electron chi connectivity index (χ2n) is 5.89. The van der Waals surface area contributed by atoms with Crippen LogP contribution in [0.25, 0.3) is 0 Å². The Hall–Kier alpha value is -2.96. The zero-order valence-electron chi connectivity index (χ0n) is 14.2. The average molecular weight is 360 g/mol. The predicted octanol–water partition coefficient (Wildman–Crippen LogP) is 3.36. The van der Waals surface area contributed by atoms with Crippen LogP contribution in [-0.4, -0.2) is 25.0 Å². The SMILES string of the molecule is CCOc1ccccc1NC(=O)C1CC(=O)N(c2c(F)cccc2F)C1. The lowest BCUT2D eigenvalue weighted by Gasteiger charge is -2.18. The minimum absolute atomic E-state index is 0.0840. The summed E-state index contributed by atoms with van der Waals surface area (Å²) in [7, 11) is 0. The lowest BCUT2D eigenvalue weighted by Crippen LogP contribution is -2.29. The molecule has 0 spiro atoms. The van der Waals surface area contributed by atoms with Crippen LogP contribution < -0.4 is 15.0 Å². The zero-order valence-corrected chi connectivity index (χ0v) is 14.2. The third-order valence-electron chi connectivity index (χ3n) is 4.15. The molecule has 0 bridgehead atoms. The fraction of sp³-hybridized carbons (Fsp3) is 0.263. The molecule has 0 aliphatic carbocycles. The number of benzene rings is 2. The van der Waals surface area contributed by atoms with Crippen LogP contribution in [0.15, 0.2) is 42.5 Å². The lowest BCUT2D eigenvalue weighted by atomic mass is 10.1. The van der Waals surface area contributed by atoms with Crippen molar-refractivity contribution < 1.29 is 23.1 Å². The van der Waals surface area contributed by atoms with Gasteiger partial charge in [0.05, 0.1) is 18.2 Å². The summed E-state index contributed by atoms with van der Waals surface area (Å²) in [6, 6.07) is 10.3. The second kappa shape index (κ2) is 7.51. The van der Waals surface area contributed by atoms with Gasteiger partial charge >= 0.3 is 0 Å². The van der Waals surface area contributed by atoms with Crippen LogP contribution in [0.1, 0.15) is 13.3 Å². The summed E-state index contributed by atoms with van der Waals surface area (Å²) in [5.41, 5.74) is 0.0739. The van der Waals surface area contributed by atoms with Crippen LogP contribution in [0.2, 0.25) is 0 Å². The van der Waals surface area contributed by atoms with Gasteiger partial charge in [0.25, 0.3) is 0 Å². The Morgan fingerprint density at radius 1 is 1.19 bits per heavy atom. The molecule has 2 aromatic rings. The molecule has 1 unspecified atom stereocenters. The van der Waals surface area contributed by atoms with Crippen LogP contribution in [0.4, 0.5) is 20.2 Å². The maximum Gasteiger partial charge on any atom is 0.229 e. The van der Waals surface area contributed by atoms with Crippen molar-refractivity contribution in [1.29, 1.82) is 0 Å². The molecule has 1 aliphatic heterocycles. The van der Waals surface area contributed by atoms with Crippen LogP contribution in [0.5, 0.6) is 5.75 Å². The van der Waals surface area contributed by atoms with Crippen molar-refractivity contribution in [2.45, 2.75) is 13.3 Å². The zero-order chi connectivity index (χ0) is 18.7. The highest BCUT2D eigenvalue weighted by Crippen LogP contribution is 2.31. The summed E-state index contributed by atoms with van der Waals surface area (Å²) in [5, 5.41) is 2.73. The second-order valence-corrected chi connectivity index (χ2v) is 5.89. The van der Waals surface area contributed by atoms with Gasteiger partial charge in [-0.2, -0.15) is 0 Å². The first-order valence-corrected chi connectivity index (χ1v) is 8.28. The Kier molecular flexibility index (Phi) is 5.16. The van der Waals surface area contributed by atoms with E-state index >= 15 is 0 Å². The van der Waals surface area contributed by atoms with E-state index in [1.165, 1.54) is 6.07 Å². The molecule has 0 radical (unpaired) electrons. The van der Waals surface area contributed by atoms with Gasteiger partial charge in [-0.15, -0.1) is 0 Å². The van der Waals surface area contributed by atoms with Crippen LogP contribution in [-0.2, 0) is 9.59 Å². The Labute approximate surface area is 149 Å². The molecule has 0 saturated carbocycles. The van der Waals surface area contributed by atoms with Crippen LogP contribution in [0.3, 0.4) is 0 Å².